The van der Waals surface area contributed by atoms with Crippen molar-refractivity contribution < 1.29 is 28.6 Å². The molecule has 7 nitrogen and oxygen atoms in total. The highest BCUT2D eigenvalue weighted by molar-refractivity contribution is 9.10. The van der Waals surface area contributed by atoms with Crippen molar-refractivity contribution in [1.29, 1.82) is 0 Å². The summed E-state index contributed by atoms with van der Waals surface area (Å²) >= 11 is 3.31. The fourth-order valence-electron chi connectivity index (χ4n) is 2.35. The van der Waals surface area contributed by atoms with Gasteiger partial charge in [-0.15, -0.1) is 0 Å². The van der Waals surface area contributed by atoms with Crippen molar-refractivity contribution in [1.82, 2.24) is 4.90 Å². The van der Waals surface area contributed by atoms with E-state index >= 15 is 0 Å². The molecule has 0 bridgehead atoms. The van der Waals surface area contributed by atoms with E-state index in [1.165, 1.54) is 19.2 Å². The lowest BCUT2D eigenvalue weighted by Crippen LogP contribution is -2.35. The minimum atomic E-state index is -0.681. The topological polar surface area (TPSA) is 82.1 Å². The summed E-state index contributed by atoms with van der Waals surface area (Å²) in [5, 5.41) is 0. The number of benzene rings is 1. The molecule has 1 heterocycles. The summed E-state index contributed by atoms with van der Waals surface area (Å²) in [5.74, 6) is -0.570. The molecule has 24 heavy (non-hydrogen) atoms. The first-order valence-corrected chi connectivity index (χ1v) is 8.27. The van der Waals surface area contributed by atoms with E-state index < -0.39 is 18.5 Å². The van der Waals surface area contributed by atoms with Gasteiger partial charge < -0.3 is 14.2 Å². The Morgan fingerprint density at radius 2 is 2.08 bits per heavy atom. The molecule has 1 saturated heterocycles. The molecule has 1 aliphatic rings. The molecule has 0 radical (unpaired) electrons. The van der Waals surface area contributed by atoms with Crippen molar-refractivity contribution in [2.24, 2.45) is 0 Å². The third kappa shape index (κ3) is 4.05. The Kier molecular flexibility index (Phi) is 6.19. The van der Waals surface area contributed by atoms with Crippen LogP contribution in [0, 0.1) is 0 Å². The van der Waals surface area contributed by atoms with Crippen LogP contribution in [0.2, 0.25) is 0 Å². The molecule has 1 aromatic rings. The van der Waals surface area contributed by atoms with Crippen LogP contribution in [0.25, 0.3) is 0 Å². The highest BCUT2D eigenvalue weighted by Gasteiger charge is 2.27. The van der Waals surface area contributed by atoms with Gasteiger partial charge in [-0.1, -0.05) is 0 Å². The van der Waals surface area contributed by atoms with Gasteiger partial charge in [0.05, 0.1) is 23.8 Å². The number of halogens is 1. The summed E-state index contributed by atoms with van der Waals surface area (Å²) in [5.41, 5.74) is 0.215. The van der Waals surface area contributed by atoms with Crippen LogP contribution in [0.15, 0.2) is 16.6 Å². The second-order valence-corrected chi connectivity index (χ2v) is 5.90. The highest BCUT2D eigenvalue weighted by Crippen LogP contribution is 2.36. The molecule has 1 aromatic carbocycles. The number of rotatable bonds is 6. The lowest BCUT2D eigenvalue weighted by atomic mass is 10.2. The number of hydrogen-bond donors (Lipinski definition) is 0. The molecule has 8 heteroatoms. The molecule has 130 valence electrons. The minimum Gasteiger partial charge on any atom is -0.492 e. The molecular weight excluding hydrogens is 382 g/mol. The number of carbonyl (C=O) groups is 3. The molecule has 1 aliphatic heterocycles. The number of esters is 1. The zero-order valence-corrected chi connectivity index (χ0v) is 15.1. The molecule has 1 fully saturated rings. The molecule has 0 saturated carbocycles. The lowest BCUT2D eigenvalue weighted by molar-refractivity contribution is -0.143. The van der Waals surface area contributed by atoms with Crippen LogP contribution in [0.5, 0.6) is 11.5 Å². The van der Waals surface area contributed by atoms with Crippen LogP contribution in [0.1, 0.15) is 30.1 Å². The summed E-state index contributed by atoms with van der Waals surface area (Å²) in [4.78, 5) is 36.7. The SMILES string of the molecule is CCOc1cc(C(=O)OCC(=O)N2CCCC2=O)cc(Br)c1OC. The largest absolute Gasteiger partial charge is 0.492 e. The lowest BCUT2D eigenvalue weighted by Gasteiger charge is -2.15. The maximum absolute atomic E-state index is 12.2. The molecule has 0 atom stereocenters. The number of methoxy groups -OCH3 is 1. The van der Waals surface area contributed by atoms with Crippen LogP contribution >= 0.6 is 15.9 Å². The van der Waals surface area contributed by atoms with Gasteiger partial charge in [0.15, 0.2) is 18.1 Å². The average molecular weight is 400 g/mol. The predicted molar refractivity (Wildman–Crippen MR) is 88.1 cm³/mol. The predicted octanol–water partition coefficient (Wildman–Crippen LogP) is 2.16. The van der Waals surface area contributed by atoms with Gasteiger partial charge in [0, 0.05) is 13.0 Å². The van der Waals surface area contributed by atoms with Gasteiger partial charge >= 0.3 is 5.97 Å². The van der Waals surface area contributed by atoms with Crippen molar-refractivity contribution in [3.8, 4) is 11.5 Å². The Hall–Kier alpha value is -2.09. The summed E-state index contributed by atoms with van der Waals surface area (Å²) < 4.78 is 16.2. The molecule has 0 spiro atoms. The number of hydrogen-bond acceptors (Lipinski definition) is 6. The first-order valence-electron chi connectivity index (χ1n) is 7.48. The monoisotopic (exact) mass is 399 g/mol. The maximum atomic E-state index is 12.2. The first-order chi connectivity index (χ1) is 11.5. The van der Waals surface area contributed by atoms with Crippen molar-refractivity contribution in [2.45, 2.75) is 19.8 Å². The third-order valence-corrected chi connectivity index (χ3v) is 4.04. The zero-order valence-electron chi connectivity index (χ0n) is 13.5. The summed E-state index contributed by atoms with van der Waals surface area (Å²) in [6.07, 6.45) is 0.991. The van der Waals surface area contributed by atoms with Crippen molar-refractivity contribution in [3.63, 3.8) is 0 Å². The van der Waals surface area contributed by atoms with Gasteiger partial charge in [-0.2, -0.15) is 0 Å². The van der Waals surface area contributed by atoms with Crippen molar-refractivity contribution in [2.75, 3.05) is 26.9 Å². The normalized spacial score (nSPS) is 13.8. The quantitative estimate of drug-likeness (QED) is 0.681. The van der Waals surface area contributed by atoms with Crippen LogP contribution in [-0.4, -0.2) is 49.6 Å². The summed E-state index contributed by atoms with van der Waals surface area (Å²) in [7, 11) is 1.49. The molecule has 0 aromatic heterocycles. The zero-order chi connectivity index (χ0) is 17.7. The molecule has 0 N–H and O–H groups in total. The number of nitrogens with zero attached hydrogens (tertiary/aromatic N) is 1. The average Bonchev–Trinajstić information content (AvgIpc) is 2.98. The van der Waals surface area contributed by atoms with E-state index in [1.807, 2.05) is 6.92 Å². The third-order valence-electron chi connectivity index (χ3n) is 3.45. The molecule has 0 unspecified atom stereocenters. The van der Waals surface area contributed by atoms with Gasteiger partial charge in [0.2, 0.25) is 5.91 Å². The number of likely N-dealkylation sites (tertiary alicyclic amines) is 1. The number of amides is 2. The van der Waals surface area contributed by atoms with Gasteiger partial charge in [0.1, 0.15) is 0 Å². The molecule has 2 amide bonds. The van der Waals surface area contributed by atoms with Gasteiger partial charge in [-0.3, -0.25) is 14.5 Å². The van der Waals surface area contributed by atoms with Gasteiger partial charge in [0.25, 0.3) is 5.91 Å². The van der Waals surface area contributed by atoms with Crippen LogP contribution in [0.3, 0.4) is 0 Å². The van der Waals surface area contributed by atoms with E-state index in [-0.39, 0.29) is 11.5 Å². The van der Waals surface area contributed by atoms with Gasteiger partial charge in [-0.25, -0.2) is 4.79 Å². The second-order valence-electron chi connectivity index (χ2n) is 5.04. The Morgan fingerprint density at radius 3 is 2.67 bits per heavy atom. The summed E-state index contributed by atoms with van der Waals surface area (Å²) in [6.45, 7) is 2.11. The van der Waals surface area contributed by atoms with E-state index in [0.717, 1.165) is 4.90 Å². The van der Waals surface area contributed by atoms with Gasteiger partial charge in [-0.05, 0) is 41.4 Å². The molecule has 2 rings (SSSR count). The number of carbonyl (C=O) groups excluding carboxylic acids is 3. The standard InChI is InChI=1S/C16H18BrNO6/c1-3-23-12-8-10(7-11(17)15(12)22-2)16(21)24-9-14(20)18-6-4-5-13(18)19/h7-8H,3-6,9H2,1-2H3. The smallest absolute Gasteiger partial charge is 0.338 e. The fourth-order valence-corrected chi connectivity index (χ4v) is 2.95. The number of imide groups is 1. The van der Waals surface area contributed by atoms with Crippen molar-refractivity contribution >= 4 is 33.7 Å². The van der Waals surface area contributed by atoms with E-state index in [2.05, 4.69) is 15.9 Å². The fraction of sp³-hybridized carbons (Fsp3) is 0.438. The van der Waals surface area contributed by atoms with Crippen LogP contribution in [0.4, 0.5) is 0 Å². The van der Waals surface area contributed by atoms with E-state index in [1.54, 1.807) is 0 Å². The number of ether oxygens (including phenoxy) is 3. The Labute approximate surface area is 148 Å². The van der Waals surface area contributed by atoms with Crippen LogP contribution in [-0.2, 0) is 14.3 Å². The van der Waals surface area contributed by atoms with Crippen LogP contribution < -0.4 is 9.47 Å². The first kappa shape index (κ1) is 18.3. The van der Waals surface area contributed by atoms with E-state index in [4.69, 9.17) is 14.2 Å². The molecule has 0 aliphatic carbocycles. The Bertz CT molecular complexity index is 660. The Balaban J connectivity index is 2.06. The Morgan fingerprint density at radius 1 is 1.33 bits per heavy atom. The van der Waals surface area contributed by atoms with Crippen molar-refractivity contribution in [3.05, 3.63) is 22.2 Å². The summed E-state index contributed by atoms with van der Waals surface area (Å²) in [6, 6.07) is 3.01. The minimum absolute atomic E-state index is 0.215. The van der Waals surface area contributed by atoms with E-state index in [0.29, 0.717) is 42.0 Å². The highest BCUT2D eigenvalue weighted by atomic mass is 79.9. The molecular formula is C16H18BrNO6. The maximum Gasteiger partial charge on any atom is 0.338 e. The van der Waals surface area contributed by atoms with E-state index in [9.17, 15) is 14.4 Å². The second kappa shape index (κ2) is 8.14.